The number of hydrogen-bond acceptors (Lipinski definition) is 1. The van der Waals surface area contributed by atoms with Gasteiger partial charge < -0.3 is 13.7 Å². The molecule has 0 aliphatic carbocycles. The predicted molar refractivity (Wildman–Crippen MR) is 226 cm³/mol. The topological polar surface area (TPSA) is 42.9 Å². The molecule has 0 N–H and O–H groups in total. The van der Waals surface area contributed by atoms with Crippen molar-refractivity contribution >= 4 is 71.1 Å². The molecule has 0 unspecified atom stereocenters. The Hall–Kier alpha value is -7.86. The standard InChI is InChI=1S/C50H29N5/c1-52-34-20-25-43-44-30-37(55-47-16-8-4-12-41(47)42-13-5-9-17-48(42)55)24-27-49(44)53(50(43)29-34)35-21-18-32(19-22-35)38-26-23-36(28-33(38)31-51)54-45-14-6-2-10-39(45)40-11-3-7-15-46(40)54/h2-30H. The van der Waals surface area contributed by atoms with Gasteiger partial charge in [0.25, 0.3) is 0 Å². The van der Waals surface area contributed by atoms with Gasteiger partial charge in [-0.25, -0.2) is 4.85 Å². The van der Waals surface area contributed by atoms with Gasteiger partial charge in [-0.1, -0.05) is 103 Å². The van der Waals surface area contributed by atoms with Crippen LogP contribution >= 0.6 is 0 Å². The minimum Gasteiger partial charge on any atom is -0.311 e. The maximum absolute atomic E-state index is 10.4. The van der Waals surface area contributed by atoms with Crippen molar-refractivity contribution < 1.29 is 0 Å². The Kier molecular flexibility index (Phi) is 6.61. The monoisotopic (exact) mass is 699 g/mol. The lowest BCUT2D eigenvalue weighted by atomic mass is 9.99. The van der Waals surface area contributed by atoms with Crippen LogP contribution in [0.15, 0.2) is 176 Å². The Morgan fingerprint density at radius 3 is 1.40 bits per heavy atom. The molecule has 11 rings (SSSR count). The normalized spacial score (nSPS) is 11.6. The summed E-state index contributed by atoms with van der Waals surface area (Å²) in [6.07, 6.45) is 0. The maximum atomic E-state index is 10.4. The molecular weight excluding hydrogens is 671 g/mol. The van der Waals surface area contributed by atoms with Gasteiger partial charge in [0.05, 0.1) is 45.8 Å². The van der Waals surface area contributed by atoms with Crippen molar-refractivity contribution in [2.45, 2.75) is 0 Å². The first-order valence-electron chi connectivity index (χ1n) is 18.3. The van der Waals surface area contributed by atoms with Crippen LogP contribution in [0.25, 0.3) is 98.5 Å². The number of hydrogen-bond donors (Lipinski definition) is 0. The smallest absolute Gasteiger partial charge is 0.189 e. The third-order valence-electron chi connectivity index (χ3n) is 11.1. The molecule has 0 aliphatic heterocycles. The molecule has 0 saturated heterocycles. The highest BCUT2D eigenvalue weighted by Gasteiger charge is 2.18. The minimum absolute atomic E-state index is 0.595. The number of nitriles is 1. The summed E-state index contributed by atoms with van der Waals surface area (Å²) in [6.45, 7) is 7.80. The molecule has 0 spiro atoms. The van der Waals surface area contributed by atoms with Gasteiger partial charge in [-0.2, -0.15) is 5.26 Å². The van der Waals surface area contributed by atoms with E-state index < -0.39 is 0 Å². The summed E-state index contributed by atoms with van der Waals surface area (Å²) >= 11 is 0. The number of aromatic nitrogens is 3. The summed E-state index contributed by atoms with van der Waals surface area (Å²) in [5.74, 6) is 0. The summed E-state index contributed by atoms with van der Waals surface area (Å²) in [5, 5.41) is 17.5. The molecular formula is C50H29N5. The Morgan fingerprint density at radius 1 is 0.400 bits per heavy atom. The van der Waals surface area contributed by atoms with E-state index in [1.807, 2.05) is 18.2 Å². The average molecular weight is 700 g/mol. The van der Waals surface area contributed by atoms with E-state index >= 15 is 0 Å². The van der Waals surface area contributed by atoms with Crippen molar-refractivity contribution in [3.8, 4) is 34.3 Å². The molecule has 11 aromatic rings. The molecule has 254 valence electrons. The van der Waals surface area contributed by atoms with Gasteiger partial charge in [-0.3, -0.25) is 0 Å². The fraction of sp³-hybridized carbons (Fsp3) is 0. The number of fused-ring (bicyclic) bond motifs is 9. The fourth-order valence-corrected chi connectivity index (χ4v) is 8.69. The van der Waals surface area contributed by atoms with E-state index in [1.54, 1.807) is 0 Å². The molecule has 5 heteroatoms. The van der Waals surface area contributed by atoms with Crippen LogP contribution in [0.1, 0.15) is 5.56 Å². The van der Waals surface area contributed by atoms with Crippen molar-refractivity contribution in [1.82, 2.24) is 13.7 Å². The first-order chi connectivity index (χ1) is 27.2. The molecule has 0 aliphatic rings. The van der Waals surface area contributed by atoms with Crippen LogP contribution in [-0.2, 0) is 0 Å². The van der Waals surface area contributed by atoms with Gasteiger partial charge in [0, 0.05) is 54.9 Å². The van der Waals surface area contributed by atoms with E-state index in [0.29, 0.717) is 11.3 Å². The van der Waals surface area contributed by atoms with Gasteiger partial charge in [-0.15, -0.1) is 0 Å². The molecule has 55 heavy (non-hydrogen) atoms. The highest BCUT2D eigenvalue weighted by atomic mass is 15.0. The summed E-state index contributed by atoms with van der Waals surface area (Å²) < 4.78 is 6.83. The van der Waals surface area contributed by atoms with Crippen LogP contribution in [0, 0.1) is 17.9 Å². The Labute approximate surface area is 316 Å². The van der Waals surface area contributed by atoms with Gasteiger partial charge in [0.2, 0.25) is 0 Å². The van der Waals surface area contributed by atoms with Crippen molar-refractivity contribution in [3.63, 3.8) is 0 Å². The Morgan fingerprint density at radius 2 is 0.855 bits per heavy atom. The van der Waals surface area contributed by atoms with Crippen molar-refractivity contribution in [3.05, 3.63) is 193 Å². The second kappa shape index (κ2) is 11.8. The second-order valence-electron chi connectivity index (χ2n) is 14.0. The van der Waals surface area contributed by atoms with Crippen molar-refractivity contribution in [1.29, 1.82) is 5.26 Å². The summed E-state index contributed by atoms with van der Waals surface area (Å²) in [5.41, 5.74) is 12.7. The first kappa shape index (κ1) is 30.7. The average Bonchev–Trinajstić information content (AvgIpc) is 3.89. The molecule has 0 fully saturated rings. The van der Waals surface area contributed by atoms with Crippen LogP contribution in [-0.4, -0.2) is 13.7 Å². The fourth-order valence-electron chi connectivity index (χ4n) is 8.69. The molecule has 0 atom stereocenters. The third-order valence-corrected chi connectivity index (χ3v) is 11.1. The van der Waals surface area contributed by atoms with Gasteiger partial charge in [0.15, 0.2) is 5.69 Å². The summed E-state index contributed by atoms with van der Waals surface area (Å²) in [7, 11) is 0. The molecule has 0 saturated carbocycles. The quantitative estimate of drug-likeness (QED) is 0.169. The van der Waals surface area contributed by atoms with E-state index in [-0.39, 0.29) is 0 Å². The molecule has 3 aromatic heterocycles. The van der Waals surface area contributed by atoms with Crippen LogP contribution < -0.4 is 0 Å². The van der Waals surface area contributed by atoms with Crippen LogP contribution in [0.4, 0.5) is 5.69 Å². The lowest BCUT2D eigenvalue weighted by Gasteiger charge is -2.13. The Balaban J connectivity index is 1.04. The third kappa shape index (κ3) is 4.51. The van der Waals surface area contributed by atoms with E-state index in [1.165, 1.54) is 21.5 Å². The van der Waals surface area contributed by atoms with Gasteiger partial charge >= 0.3 is 0 Å². The van der Waals surface area contributed by atoms with Crippen molar-refractivity contribution in [2.24, 2.45) is 0 Å². The second-order valence-corrected chi connectivity index (χ2v) is 14.0. The minimum atomic E-state index is 0.595. The number of nitrogens with zero attached hydrogens (tertiary/aromatic N) is 5. The van der Waals surface area contributed by atoms with Crippen LogP contribution in [0.2, 0.25) is 0 Å². The molecule has 5 nitrogen and oxygen atoms in total. The van der Waals surface area contributed by atoms with Crippen LogP contribution in [0.5, 0.6) is 0 Å². The zero-order chi connectivity index (χ0) is 36.6. The first-order valence-corrected chi connectivity index (χ1v) is 18.3. The van der Waals surface area contributed by atoms with E-state index in [2.05, 4.69) is 182 Å². The van der Waals surface area contributed by atoms with Gasteiger partial charge in [0.1, 0.15) is 0 Å². The Bertz CT molecular complexity index is 3350. The maximum Gasteiger partial charge on any atom is 0.189 e. The SMILES string of the molecule is [C-]#[N+]c1ccc2c3cc(-n4c5ccccc5c5ccccc54)ccc3n(-c3ccc(-c4ccc(-n5c6ccccc6c6ccccc65)cc4C#N)cc3)c2c1. The number of benzene rings is 8. The lowest BCUT2D eigenvalue weighted by Crippen LogP contribution is -1.97. The highest BCUT2D eigenvalue weighted by molar-refractivity contribution is 6.13. The van der Waals surface area contributed by atoms with Gasteiger partial charge in [-0.05, 0) is 83.9 Å². The zero-order valence-corrected chi connectivity index (χ0v) is 29.5. The number of rotatable bonds is 4. The van der Waals surface area contributed by atoms with Crippen molar-refractivity contribution in [2.75, 3.05) is 0 Å². The number of para-hydroxylation sites is 4. The van der Waals surface area contributed by atoms with Crippen LogP contribution in [0.3, 0.4) is 0 Å². The largest absolute Gasteiger partial charge is 0.311 e. The summed E-state index contributed by atoms with van der Waals surface area (Å²) in [4.78, 5) is 3.78. The zero-order valence-electron chi connectivity index (χ0n) is 29.5. The van der Waals surface area contributed by atoms with E-state index in [9.17, 15) is 5.26 Å². The lowest BCUT2D eigenvalue weighted by molar-refractivity contribution is 1.16. The molecule has 3 heterocycles. The predicted octanol–water partition coefficient (Wildman–Crippen LogP) is 13.1. The molecule has 0 radical (unpaired) electrons. The summed E-state index contributed by atoms with van der Waals surface area (Å²) in [6, 6.07) is 63.6. The molecule has 0 amide bonds. The van der Waals surface area contributed by atoms with E-state index in [0.717, 1.165) is 72.1 Å². The molecule has 8 aromatic carbocycles. The molecule has 0 bridgehead atoms. The van der Waals surface area contributed by atoms with E-state index in [4.69, 9.17) is 6.57 Å². The highest BCUT2D eigenvalue weighted by Crippen LogP contribution is 2.39.